The highest BCUT2D eigenvalue weighted by Crippen LogP contribution is 2.33. The van der Waals surface area contributed by atoms with E-state index in [0.717, 1.165) is 16.5 Å². The van der Waals surface area contributed by atoms with Gasteiger partial charge in [0, 0.05) is 18.0 Å². The predicted octanol–water partition coefficient (Wildman–Crippen LogP) is 4.07. The minimum atomic E-state index is -0.500. The van der Waals surface area contributed by atoms with Crippen LogP contribution >= 0.6 is 15.9 Å². The molecule has 4 rings (SSSR count). The van der Waals surface area contributed by atoms with Crippen LogP contribution in [0.25, 0.3) is 33.0 Å². The van der Waals surface area contributed by atoms with Gasteiger partial charge in [-0.25, -0.2) is 4.79 Å². The largest absolute Gasteiger partial charge is 0.421 e. The fourth-order valence-corrected chi connectivity index (χ4v) is 3.53. The lowest BCUT2D eigenvalue weighted by molar-refractivity contribution is 0.559. The van der Waals surface area contributed by atoms with Gasteiger partial charge in [-0.15, -0.1) is 0 Å². The number of pyridine rings is 1. The Bertz CT molecular complexity index is 1210. The van der Waals surface area contributed by atoms with Crippen molar-refractivity contribution in [2.45, 2.75) is 0 Å². The molecule has 0 unspecified atom stereocenters. The fraction of sp³-hybridized carbons (Fsp3) is 0.0526. The van der Waals surface area contributed by atoms with Crippen LogP contribution in [0.5, 0.6) is 0 Å². The summed E-state index contributed by atoms with van der Waals surface area (Å²) in [5.41, 5.74) is 1.69. The molecule has 0 aliphatic heterocycles. The van der Waals surface area contributed by atoms with Crippen LogP contribution < -0.4 is 11.2 Å². The van der Waals surface area contributed by atoms with E-state index in [9.17, 15) is 9.59 Å². The van der Waals surface area contributed by atoms with Crippen molar-refractivity contribution in [2.75, 3.05) is 0 Å². The fourth-order valence-electron chi connectivity index (χ4n) is 3.02. The molecule has 0 aliphatic carbocycles. The zero-order valence-electron chi connectivity index (χ0n) is 12.7. The summed E-state index contributed by atoms with van der Waals surface area (Å²) in [5, 5.41) is 1.13. The van der Waals surface area contributed by atoms with Gasteiger partial charge < -0.3 is 8.98 Å². The zero-order valence-corrected chi connectivity index (χ0v) is 14.3. The number of halogens is 1. The maximum Gasteiger partial charge on any atom is 0.351 e. The van der Waals surface area contributed by atoms with Crippen LogP contribution in [0.1, 0.15) is 0 Å². The first-order valence-corrected chi connectivity index (χ1v) is 8.18. The van der Waals surface area contributed by atoms with Gasteiger partial charge >= 0.3 is 5.63 Å². The molecule has 0 amide bonds. The number of hydrogen-bond donors (Lipinski definition) is 0. The number of hydrogen-bond acceptors (Lipinski definition) is 3. The van der Waals surface area contributed by atoms with Gasteiger partial charge in [0.1, 0.15) is 4.47 Å². The summed E-state index contributed by atoms with van der Waals surface area (Å²) in [6, 6.07) is 16.8. The van der Waals surface area contributed by atoms with Crippen molar-refractivity contribution in [1.82, 2.24) is 4.57 Å². The van der Waals surface area contributed by atoms with Crippen LogP contribution in [0.2, 0.25) is 0 Å². The molecule has 0 atom stereocenters. The lowest BCUT2D eigenvalue weighted by Crippen LogP contribution is -2.19. The van der Waals surface area contributed by atoms with Crippen molar-refractivity contribution in [3.05, 3.63) is 79.8 Å². The van der Waals surface area contributed by atoms with E-state index in [0.29, 0.717) is 16.5 Å². The van der Waals surface area contributed by atoms with Crippen LogP contribution in [-0.4, -0.2) is 4.57 Å². The lowest BCUT2D eigenvalue weighted by atomic mass is 10.0. The molecule has 0 saturated carbocycles. The van der Waals surface area contributed by atoms with Crippen LogP contribution in [0.3, 0.4) is 0 Å². The summed E-state index contributed by atoms with van der Waals surface area (Å²) in [6.07, 6.45) is 0. The van der Waals surface area contributed by atoms with Crippen molar-refractivity contribution in [3.8, 4) is 11.1 Å². The van der Waals surface area contributed by atoms with Gasteiger partial charge in [-0.05, 0) is 33.6 Å². The van der Waals surface area contributed by atoms with Crippen molar-refractivity contribution < 1.29 is 4.42 Å². The first kappa shape index (κ1) is 14.9. The highest BCUT2D eigenvalue weighted by molar-refractivity contribution is 9.10. The van der Waals surface area contributed by atoms with E-state index in [1.54, 1.807) is 11.6 Å². The number of aryl methyl sites for hydroxylation is 1. The molecule has 0 fully saturated rings. The minimum Gasteiger partial charge on any atom is -0.421 e. The maximum atomic E-state index is 13.0. The normalized spacial score (nSPS) is 11.2. The van der Waals surface area contributed by atoms with Crippen LogP contribution in [0, 0.1) is 0 Å². The number of nitrogens with zero attached hydrogens (tertiary/aromatic N) is 1. The number of rotatable bonds is 1. The van der Waals surface area contributed by atoms with Gasteiger partial charge in [-0.2, -0.15) is 0 Å². The second kappa shape index (κ2) is 5.46. The third-order valence-electron chi connectivity index (χ3n) is 4.16. The second-order valence-corrected chi connectivity index (χ2v) is 6.32. The standard InChI is InChI=1S/C19H12BrNO3/c1-21-13-10-6-5-9-12(13)17-15(18(21)22)14(16(20)19(23)24-17)11-7-3-2-4-8-11/h2-10H,1H3. The van der Waals surface area contributed by atoms with Gasteiger partial charge in [-0.1, -0.05) is 42.5 Å². The lowest BCUT2D eigenvalue weighted by Gasteiger charge is -2.12. The first-order valence-electron chi connectivity index (χ1n) is 7.39. The molecule has 0 radical (unpaired) electrons. The number of aromatic nitrogens is 1. The van der Waals surface area contributed by atoms with Gasteiger partial charge in [-0.3, -0.25) is 4.79 Å². The third kappa shape index (κ3) is 2.05. The van der Waals surface area contributed by atoms with E-state index >= 15 is 0 Å². The summed E-state index contributed by atoms with van der Waals surface area (Å²) in [4.78, 5) is 25.3. The molecule has 5 heteroatoms. The Morgan fingerprint density at radius 2 is 1.62 bits per heavy atom. The summed E-state index contributed by atoms with van der Waals surface area (Å²) in [5.74, 6) is 0. The molecule has 2 aromatic heterocycles. The molecule has 118 valence electrons. The highest BCUT2D eigenvalue weighted by atomic mass is 79.9. The zero-order chi connectivity index (χ0) is 16.8. The van der Waals surface area contributed by atoms with Gasteiger partial charge in [0.05, 0.1) is 10.9 Å². The maximum absolute atomic E-state index is 13.0. The molecule has 0 bridgehead atoms. The summed E-state index contributed by atoms with van der Waals surface area (Å²) >= 11 is 3.31. The number of fused-ring (bicyclic) bond motifs is 3. The van der Waals surface area contributed by atoms with Crippen molar-refractivity contribution in [1.29, 1.82) is 0 Å². The number of para-hydroxylation sites is 1. The molecule has 2 aromatic carbocycles. The highest BCUT2D eigenvalue weighted by Gasteiger charge is 2.20. The Morgan fingerprint density at radius 3 is 2.38 bits per heavy atom. The van der Waals surface area contributed by atoms with Gasteiger partial charge in [0.25, 0.3) is 5.56 Å². The first-order chi connectivity index (χ1) is 11.6. The molecular formula is C19H12BrNO3. The summed E-state index contributed by atoms with van der Waals surface area (Å²) in [6.45, 7) is 0. The second-order valence-electron chi connectivity index (χ2n) is 5.53. The average molecular weight is 382 g/mol. The SMILES string of the molecule is Cn1c(=O)c2c(-c3ccccc3)c(Br)c(=O)oc2c2ccccc21. The monoisotopic (exact) mass is 381 g/mol. The van der Waals surface area contributed by atoms with Crippen LogP contribution in [-0.2, 0) is 7.05 Å². The Labute approximate surface area is 145 Å². The summed E-state index contributed by atoms with van der Waals surface area (Å²) in [7, 11) is 1.72. The van der Waals surface area contributed by atoms with E-state index in [-0.39, 0.29) is 10.0 Å². The smallest absolute Gasteiger partial charge is 0.351 e. The van der Waals surface area contributed by atoms with Crippen LogP contribution in [0.4, 0.5) is 0 Å². The van der Waals surface area contributed by atoms with Crippen molar-refractivity contribution in [2.24, 2.45) is 7.05 Å². The van der Waals surface area contributed by atoms with E-state index < -0.39 is 5.63 Å². The minimum absolute atomic E-state index is 0.202. The molecule has 2 heterocycles. The Morgan fingerprint density at radius 1 is 0.958 bits per heavy atom. The molecule has 4 nitrogen and oxygen atoms in total. The van der Waals surface area contributed by atoms with Crippen LogP contribution in [0.15, 0.2) is 73.1 Å². The average Bonchev–Trinajstić information content (AvgIpc) is 2.62. The summed E-state index contributed by atoms with van der Waals surface area (Å²) < 4.78 is 7.33. The van der Waals surface area contributed by atoms with E-state index in [1.165, 1.54) is 0 Å². The van der Waals surface area contributed by atoms with E-state index in [2.05, 4.69) is 15.9 Å². The predicted molar refractivity (Wildman–Crippen MR) is 98.4 cm³/mol. The molecule has 0 spiro atoms. The molecule has 24 heavy (non-hydrogen) atoms. The molecule has 4 aromatic rings. The quantitative estimate of drug-likeness (QED) is 0.467. The molecule has 0 N–H and O–H groups in total. The van der Waals surface area contributed by atoms with E-state index in [4.69, 9.17) is 4.42 Å². The topological polar surface area (TPSA) is 52.2 Å². The molecular weight excluding hydrogens is 370 g/mol. The Balaban J connectivity index is 2.35. The molecule has 0 saturated heterocycles. The van der Waals surface area contributed by atoms with E-state index in [1.807, 2.05) is 54.6 Å². The van der Waals surface area contributed by atoms with Gasteiger partial charge in [0.15, 0.2) is 5.58 Å². The Kier molecular flexibility index (Phi) is 3.39. The third-order valence-corrected chi connectivity index (χ3v) is 4.88. The Hall–Kier alpha value is -2.66. The van der Waals surface area contributed by atoms with Gasteiger partial charge in [0.2, 0.25) is 0 Å². The molecule has 0 aliphatic rings. The van der Waals surface area contributed by atoms with Crippen molar-refractivity contribution in [3.63, 3.8) is 0 Å². The van der Waals surface area contributed by atoms with Crippen molar-refractivity contribution >= 4 is 37.8 Å². The number of benzene rings is 2.